The van der Waals surface area contributed by atoms with Crippen molar-refractivity contribution in [3.63, 3.8) is 0 Å². The van der Waals surface area contributed by atoms with Crippen LogP contribution in [0.25, 0.3) is 0 Å². The van der Waals surface area contributed by atoms with Gasteiger partial charge in [0.15, 0.2) is 5.76 Å². The van der Waals surface area contributed by atoms with Crippen LogP contribution in [-0.2, 0) is 6.54 Å². The van der Waals surface area contributed by atoms with Crippen molar-refractivity contribution in [1.82, 2.24) is 0 Å². The molecule has 0 unspecified atom stereocenters. The Bertz CT molecular complexity index is 829. The molecule has 3 rings (SSSR count). The van der Waals surface area contributed by atoms with Crippen LogP contribution in [-0.4, -0.2) is 11.1 Å². The topological polar surface area (TPSA) is 71.9 Å². The zero-order valence-corrected chi connectivity index (χ0v) is 12.8. The summed E-state index contributed by atoms with van der Waals surface area (Å²) < 4.78 is 5.11. The minimum atomic E-state index is -0.573. The highest BCUT2D eigenvalue weighted by molar-refractivity contribution is 5.77. The van der Waals surface area contributed by atoms with Gasteiger partial charge in [0.25, 0.3) is 0 Å². The van der Waals surface area contributed by atoms with Gasteiger partial charge < -0.3 is 4.42 Å². The summed E-state index contributed by atoms with van der Waals surface area (Å²) in [6.07, 6.45) is 1.48. The van der Waals surface area contributed by atoms with Gasteiger partial charge in [-0.15, -0.1) is 0 Å². The second-order valence-corrected chi connectivity index (χ2v) is 5.06. The summed E-state index contributed by atoms with van der Waals surface area (Å²) in [5.41, 5.74) is 2.02. The van der Waals surface area contributed by atoms with Crippen LogP contribution >= 0.6 is 0 Å². The molecular weight excluding hydrogens is 306 g/mol. The van der Waals surface area contributed by atoms with E-state index >= 15 is 0 Å². The molecule has 1 aromatic heterocycles. The van der Waals surface area contributed by atoms with E-state index in [2.05, 4.69) is 5.10 Å². The highest BCUT2D eigenvalue weighted by Crippen LogP contribution is 2.18. The zero-order valence-electron chi connectivity index (χ0n) is 12.8. The van der Waals surface area contributed by atoms with Gasteiger partial charge in [0.1, 0.15) is 4.92 Å². The molecule has 0 aliphatic rings. The van der Waals surface area contributed by atoms with E-state index < -0.39 is 4.92 Å². The molecule has 3 aromatic rings. The smallest absolute Gasteiger partial charge is 0.400 e. The van der Waals surface area contributed by atoms with Crippen molar-refractivity contribution in [2.45, 2.75) is 6.54 Å². The fraction of sp³-hybridized carbons (Fsp3) is 0.0556. The molecule has 6 heteroatoms. The molecule has 0 atom stereocenters. The number of nitrogens with zero attached hydrogens (tertiary/aromatic N) is 3. The van der Waals surface area contributed by atoms with Gasteiger partial charge in [-0.05, 0) is 23.8 Å². The van der Waals surface area contributed by atoms with E-state index in [-0.39, 0.29) is 5.88 Å². The number of rotatable bonds is 6. The third kappa shape index (κ3) is 3.86. The molecule has 0 aliphatic carbocycles. The Hall–Kier alpha value is -3.41. The third-order valence-corrected chi connectivity index (χ3v) is 3.35. The maximum atomic E-state index is 10.7. The summed E-state index contributed by atoms with van der Waals surface area (Å²) in [6.45, 7) is 0.574. The molecule has 1 heterocycles. The number of nitro groups is 1. The fourth-order valence-electron chi connectivity index (χ4n) is 2.19. The van der Waals surface area contributed by atoms with Crippen molar-refractivity contribution in [2.24, 2.45) is 5.10 Å². The molecule has 0 bridgehead atoms. The third-order valence-electron chi connectivity index (χ3n) is 3.35. The maximum absolute atomic E-state index is 10.7. The number of furan rings is 1. The SMILES string of the molecule is O=[N+]([O-])c1ccc(/C=N/N(Cc2ccccc2)c2ccccc2)o1. The second kappa shape index (κ2) is 7.23. The van der Waals surface area contributed by atoms with Crippen LogP contribution in [0.1, 0.15) is 11.3 Å². The van der Waals surface area contributed by atoms with E-state index in [9.17, 15) is 10.1 Å². The largest absolute Gasteiger partial charge is 0.433 e. The van der Waals surface area contributed by atoms with E-state index in [1.807, 2.05) is 65.7 Å². The number of benzene rings is 2. The first-order valence-corrected chi connectivity index (χ1v) is 7.37. The van der Waals surface area contributed by atoms with Gasteiger partial charge in [0.2, 0.25) is 0 Å². The lowest BCUT2D eigenvalue weighted by molar-refractivity contribution is -0.402. The fourth-order valence-corrected chi connectivity index (χ4v) is 2.19. The summed E-state index contributed by atoms with van der Waals surface area (Å²) in [5.74, 6) is 0.0291. The lowest BCUT2D eigenvalue weighted by atomic mass is 10.2. The Morgan fingerprint density at radius 2 is 1.67 bits per heavy atom. The van der Waals surface area contributed by atoms with Crippen molar-refractivity contribution in [3.05, 3.63) is 94.2 Å². The number of hydrogen-bond donors (Lipinski definition) is 0. The summed E-state index contributed by atoms with van der Waals surface area (Å²) in [5, 5.41) is 16.9. The average Bonchev–Trinajstić information content (AvgIpc) is 3.09. The van der Waals surface area contributed by atoms with Crippen LogP contribution in [0.15, 0.2) is 82.3 Å². The van der Waals surface area contributed by atoms with E-state index in [1.54, 1.807) is 0 Å². The molecule has 0 amide bonds. The second-order valence-electron chi connectivity index (χ2n) is 5.06. The molecule has 6 nitrogen and oxygen atoms in total. The van der Waals surface area contributed by atoms with Crippen molar-refractivity contribution >= 4 is 17.8 Å². The van der Waals surface area contributed by atoms with Gasteiger partial charge in [-0.2, -0.15) is 5.10 Å². The van der Waals surface area contributed by atoms with Crippen LogP contribution in [0.3, 0.4) is 0 Å². The number of anilines is 1. The average molecular weight is 321 g/mol. The molecule has 0 fully saturated rings. The number of para-hydroxylation sites is 1. The van der Waals surface area contributed by atoms with Gasteiger partial charge in [-0.1, -0.05) is 48.5 Å². The highest BCUT2D eigenvalue weighted by Gasteiger charge is 2.11. The molecule has 0 N–H and O–H groups in total. The van der Waals surface area contributed by atoms with Crippen molar-refractivity contribution < 1.29 is 9.34 Å². The monoisotopic (exact) mass is 321 g/mol. The van der Waals surface area contributed by atoms with E-state index in [4.69, 9.17) is 4.42 Å². The van der Waals surface area contributed by atoms with Gasteiger partial charge in [-0.3, -0.25) is 15.1 Å². The summed E-state index contributed by atoms with van der Waals surface area (Å²) >= 11 is 0. The summed E-state index contributed by atoms with van der Waals surface area (Å²) in [4.78, 5) is 10.1. The number of hydrogen-bond acceptors (Lipinski definition) is 5. The lowest BCUT2D eigenvalue weighted by Gasteiger charge is -2.19. The predicted molar refractivity (Wildman–Crippen MR) is 92.0 cm³/mol. The van der Waals surface area contributed by atoms with Gasteiger partial charge >= 0.3 is 5.88 Å². The van der Waals surface area contributed by atoms with Gasteiger partial charge in [-0.25, -0.2) is 0 Å². The van der Waals surface area contributed by atoms with E-state index in [0.29, 0.717) is 12.3 Å². The van der Waals surface area contributed by atoms with Gasteiger partial charge in [0.05, 0.1) is 24.5 Å². The summed E-state index contributed by atoms with van der Waals surface area (Å²) in [7, 11) is 0. The van der Waals surface area contributed by atoms with Crippen molar-refractivity contribution in [1.29, 1.82) is 0 Å². The first-order valence-electron chi connectivity index (χ1n) is 7.37. The Balaban J connectivity index is 1.84. The first kappa shape index (κ1) is 15.5. The standard InChI is InChI=1S/C18H15N3O3/c22-21(23)18-12-11-17(24-18)13-19-20(16-9-5-2-6-10-16)14-15-7-3-1-4-8-15/h1-13H,14H2/b19-13+. The molecular formula is C18H15N3O3. The molecule has 0 spiro atoms. The number of hydrazone groups is 1. The molecule has 2 aromatic carbocycles. The van der Waals surface area contributed by atoms with Crippen molar-refractivity contribution in [3.8, 4) is 0 Å². The maximum Gasteiger partial charge on any atom is 0.433 e. The normalized spacial score (nSPS) is 10.8. The quantitative estimate of drug-likeness (QED) is 0.387. The molecule has 120 valence electrons. The van der Waals surface area contributed by atoms with E-state index in [1.165, 1.54) is 18.3 Å². The Morgan fingerprint density at radius 3 is 2.29 bits per heavy atom. The first-order chi connectivity index (χ1) is 11.7. The van der Waals surface area contributed by atoms with Crippen LogP contribution in [0, 0.1) is 10.1 Å². The van der Waals surface area contributed by atoms with Crippen LogP contribution < -0.4 is 5.01 Å². The summed E-state index contributed by atoms with van der Waals surface area (Å²) in [6, 6.07) is 22.5. The highest BCUT2D eigenvalue weighted by atomic mass is 16.6. The lowest BCUT2D eigenvalue weighted by Crippen LogP contribution is -2.15. The predicted octanol–water partition coefficient (Wildman–Crippen LogP) is 4.23. The Morgan fingerprint density at radius 1 is 1.00 bits per heavy atom. The molecule has 0 saturated carbocycles. The minimum absolute atomic E-state index is 0.300. The van der Waals surface area contributed by atoms with Gasteiger partial charge in [0, 0.05) is 0 Å². The minimum Gasteiger partial charge on any atom is -0.400 e. The zero-order chi connectivity index (χ0) is 16.8. The molecule has 24 heavy (non-hydrogen) atoms. The van der Waals surface area contributed by atoms with Crippen LogP contribution in [0.4, 0.5) is 11.6 Å². The Kier molecular flexibility index (Phi) is 4.67. The molecule has 0 saturated heterocycles. The van der Waals surface area contributed by atoms with Crippen molar-refractivity contribution in [2.75, 3.05) is 5.01 Å². The Labute approximate surface area is 138 Å². The molecule has 0 aliphatic heterocycles. The molecule has 0 radical (unpaired) electrons. The van der Waals surface area contributed by atoms with Crippen LogP contribution in [0.2, 0.25) is 0 Å². The van der Waals surface area contributed by atoms with E-state index in [0.717, 1.165) is 11.3 Å². The van der Waals surface area contributed by atoms with Crippen LogP contribution in [0.5, 0.6) is 0 Å².